The molecule has 0 aromatic heterocycles. The zero-order valence-corrected chi connectivity index (χ0v) is 33.7. The van der Waals surface area contributed by atoms with Gasteiger partial charge in [-0.15, -0.1) is 0 Å². The first-order valence-electron chi connectivity index (χ1n) is 21.1. The molecule has 0 radical (unpaired) electrons. The molecule has 0 aliphatic heterocycles. The lowest BCUT2D eigenvalue weighted by Crippen LogP contribution is -2.02. The number of aryl methyl sites for hydroxylation is 1. The van der Waals surface area contributed by atoms with E-state index in [9.17, 15) is 0 Å². The van der Waals surface area contributed by atoms with Crippen LogP contribution in [0.4, 0.5) is 0 Å². The number of ether oxygens (including phenoxy) is 4. The van der Waals surface area contributed by atoms with Crippen LogP contribution in [0.25, 0.3) is 11.1 Å². The van der Waals surface area contributed by atoms with Gasteiger partial charge >= 0.3 is 0 Å². The van der Waals surface area contributed by atoms with Gasteiger partial charge in [-0.3, -0.25) is 0 Å². The Kier molecular flexibility index (Phi) is 25.6. The molecule has 0 aliphatic carbocycles. The molecule has 4 heteroatoms. The van der Waals surface area contributed by atoms with Crippen LogP contribution >= 0.6 is 0 Å². The normalized spacial score (nSPS) is 11.2. The van der Waals surface area contributed by atoms with Gasteiger partial charge in [0.05, 0.1) is 28.4 Å². The van der Waals surface area contributed by atoms with E-state index in [-0.39, 0.29) is 0 Å². The van der Waals surface area contributed by atoms with Crippen LogP contribution in [0.5, 0.6) is 23.0 Å². The molecule has 0 atom stereocenters. The van der Waals surface area contributed by atoms with Crippen molar-refractivity contribution in [3.8, 4) is 34.1 Å². The van der Waals surface area contributed by atoms with Crippen LogP contribution in [-0.2, 0) is 12.8 Å². The number of methoxy groups -OCH3 is 4. The topological polar surface area (TPSA) is 36.9 Å². The van der Waals surface area contributed by atoms with E-state index in [0.29, 0.717) is 0 Å². The minimum Gasteiger partial charge on any atom is -0.493 e. The summed E-state index contributed by atoms with van der Waals surface area (Å²) in [5, 5.41) is 0. The second-order valence-electron chi connectivity index (χ2n) is 14.7. The number of rotatable bonds is 33. The standard InChI is InChI=1S/C46H78O4/c1-7-9-11-13-15-17-19-21-23-25-27-29-31-33-39-37-40(38-44(48-4)45(39)49-5)41-35-36-43(47-3)46(50-6)42(41)34-32-30-28-26-24-22-20-18-16-14-12-10-8-2/h35-38H,7-34H2,1-6H3. The lowest BCUT2D eigenvalue weighted by Gasteiger charge is -2.20. The van der Waals surface area contributed by atoms with Crippen molar-refractivity contribution in [2.24, 2.45) is 0 Å². The second-order valence-corrected chi connectivity index (χ2v) is 14.7. The lowest BCUT2D eigenvalue weighted by atomic mass is 9.91. The van der Waals surface area contributed by atoms with E-state index in [1.165, 1.54) is 171 Å². The fourth-order valence-electron chi connectivity index (χ4n) is 7.55. The Bertz CT molecular complexity index is 1110. The Morgan fingerprint density at radius 1 is 0.380 bits per heavy atom. The van der Waals surface area contributed by atoms with Crippen LogP contribution in [0.3, 0.4) is 0 Å². The van der Waals surface area contributed by atoms with Crippen molar-refractivity contribution in [2.75, 3.05) is 28.4 Å². The number of hydrogen-bond acceptors (Lipinski definition) is 4. The Labute approximate surface area is 309 Å². The maximum Gasteiger partial charge on any atom is 0.164 e. The fourth-order valence-corrected chi connectivity index (χ4v) is 7.55. The molecule has 0 N–H and O–H groups in total. The molecule has 2 rings (SSSR count). The third-order valence-electron chi connectivity index (χ3n) is 10.6. The zero-order valence-electron chi connectivity index (χ0n) is 33.7. The molecule has 0 saturated heterocycles. The molecule has 0 heterocycles. The van der Waals surface area contributed by atoms with Crippen molar-refractivity contribution in [1.82, 2.24) is 0 Å². The highest BCUT2D eigenvalue weighted by Crippen LogP contribution is 2.43. The molecule has 50 heavy (non-hydrogen) atoms. The molecule has 0 saturated carbocycles. The van der Waals surface area contributed by atoms with Crippen molar-refractivity contribution in [3.63, 3.8) is 0 Å². The Morgan fingerprint density at radius 2 is 0.780 bits per heavy atom. The maximum absolute atomic E-state index is 6.00. The maximum atomic E-state index is 6.00. The van der Waals surface area contributed by atoms with Crippen LogP contribution in [-0.4, -0.2) is 28.4 Å². The minimum absolute atomic E-state index is 0.800. The highest BCUT2D eigenvalue weighted by atomic mass is 16.5. The number of hydrogen-bond donors (Lipinski definition) is 0. The van der Waals surface area contributed by atoms with Crippen LogP contribution in [0, 0.1) is 0 Å². The summed E-state index contributed by atoms with van der Waals surface area (Å²) in [6, 6.07) is 8.72. The van der Waals surface area contributed by atoms with Gasteiger partial charge in [-0.1, -0.05) is 174 Å². The Balaban J connectivity index is 1.94. The van der Waals surface area contributed by atoms with Crippen LogP contribution in [0.15, 0.2) is 24.3 Å². The monoisotopic (exact) mass is 695 g/mol. The van der Waals surface area contributed by atoms with E-state index in [2.05, 4.69) is 32.0 Å². The van der Waals surface area contributed by atoms with Crippen molar-refractivity contribution in [3.05, 3.63) is 35.4 Å². The summed E-state index contributed by atoms with van der Waals surface area (Å²) in [4.78, 5) is 0. The largest absolute Gasteiger partial charge is 0.493 e. The molecule has 0 fully saturated rings. The first kappa shape index (κ1) is 43.8. The second kappa shape index (κ2) is 29.2. The molecule has 0 bridgehead atoms. The highest BCUT2D eigenvalue weighted by Gasteiger charge is 2.19. The average Bonchev–Trinajstić information content (AvgIpc) is 3.14. The Morgan fingerprint density at radius 3 is 1.18 bits per heavy atom. The van der Waals surface area contributed by atoms with Crippen LogP contribution in [0.2, 0.25) is 0 Å². The summed E-state index contributed by atoms with van der Waals surface area (Å²) in [6.45, 7) is 4.59. The minimum atomic E-state index is 0.800. The van der Waals surface area contributed by atoms with Crippen molar-refractivity contribution >= 4 is 0 Å². The van der Waals surface area contributed by atoms with Gasteiger partial charge in [0.25, 0.3) is 0 Å². The van der Waals surface area contributed by atoms with Crippen LogP contribution < -0.4 is 18.9 Å². The molecule has 2 aromatic carbocycles. The van der Waals surface area contributed by atoms with Crippen molar-refractivity contribution in [1.29, 1.82) is 0 Å². The van der Waals surface area contributed by atoms with E-state index < -0.39 is 0 Å². The van der Waals surface area contributed by atoms with Gasteiger partial charge in [0.1, 0.15) is 0 Å². The van der Waals surface area contributed by atoms with E-state index in [1.807, 2.05) is 6.07 Å². The first-order valence-corrected chi connectivity index (χ1v) is 21.1. The fraction of sp³-hybridized carbons (Fsp3) is 0.739. The van der Waals surface area contributed by atoms with Crippen LogP contribution in [0.1, 0.15) is 192 Å². The van der Waals surface area contributed by atoms with Gasteiger partial charge in [-0.25, -0.2) is 0 Å². The molecule has 0 aliphatic rings. The lowest BCUT2D eigenvalue weighted by molar-refractivity contribution is 0.350. The first-order chi connectivity index (χ1) is 24.6. The van der Waals surface area contributed by atoms with Gasteiger partial charge in [0.2, 0.25) is 0 Å². The van der Waals surface area contributed by atoms with E-state index in [4.69, 9.17) is 18.9 Å². The Hall–Kier alpha value is -2.36. The van der Waals surface area contributed by atoms with E-state index in [0.717, 1.165) is 54.2 Å². The summed E-state index contributed by atoms with van der Waals surface area (Å²) >= 11 is 0. The summed E-state index contributed by atoms with van der Waals surface area (Å²) in [6.07, 6.45) is 37.3. The van der Waals surface area contributed by atoms with E-state index in [1.54, 1.807) is 28.4 Å². The third-order valence-corrected chi connectivity index (χ3v) is 10.6. The zero-order chi connectivity index (χ0) is 36.1. The molecule has 2 aromatic rings. The molecular weight excluding hydrogens is 617 g/mol. The van der Waals surface area contributed by atoms with Gasteiger partial charge in [0.15, 0.2) is 23.0 Å². The van der Waals surface area contributed by atoms with Gasteiger partial charge in [0, 0.05) is 5.56 Å². The smallest absolute Gasteiger partial charge is 0.164 e. The molecule has 4 nitrogen and oxygen atoms in total. The average molecular weight is 695 g/mol. The predicted octanol–water partition coefficient (Wildman–Crippen LogP) is 14.7. The molecule has 0 unspecified atom stereocenters. The van der Waals surface area contributed by atoms with Gasteiger partial charge in [-0.2, -0.15) is 0 Å². The SMILES string of the molecule is CCCCCCCCCCCCCCCc1cc(-c2ccc(OC)c(OC)c2CCCCCCCCCCCCCCC)cc(OC)c1OC. The summed E-state index contributed by atoms with van der Waals surface area (Å²) in [5.74, 6) is 3.33. The van der Waals surface area contributed by atoms with Crippen molar-refractivity contribution < 1.29 is 18.9 Å². The molecule has 0 amide bonds. The molecular formula is C46H78O4. The molecule has 286 valence electrons. The van der Waals surface area contributed by atoms with Crippen molar-refractivity contribution in [2.45, 2.75) is 194 Å². The van der Waals surface area contributed by atoms with Gasteiger partial charge < -0.3 is 18.9 Å². The highest BCUT2D eigenvalue weighted by molar-refractivity contribution is 5.76. The molecule has 0 spiro atoms. The summed E-state index contributed by atoms with van der Waals surface area (Å²) in [7, 11) is 7.02. The third kappa shape index (κ3) is 17.2. The predicted molar refractivity (Wildman–Crippen MR) is 217 cm³/mol. The number of unbranched alkanes of at least 4 members (excludes halogenated alkanes) is 24. The quantitative estimate of drug-likeness (QED) is 0.0697. The summed E-state index contributed by atoms with van der Waals surface area (Å²) < 4.78 is 23.6. The number of benzene rings is 2. The van der Waals surface area contributed by atoms with Gasteiger partial charge in [-0.05, 0) is 60.6 Å². The van der Waals surface area contributed by atoms with E-state index >= 15 is 0 Å². The summed E-state index contributed by atoms with van der Waals surface area (Å²) in [5.41, 5.74) is 4.83.